The van der Waals surface area contributed by atoms with Crippen LogP contribution in [0.1, 0.15) is 17.1 Å². The highest BCUT2D eigenvalue weighted by Gasteiger charge is 2.01. The van der Waals surface area contributed by atoms with Crippen LogP contribution in [0.4, 0.5) is 0 Å². The zero-order chi connectivity index (χ0) is 9.26. The van der Waals surface area contributed by atoms with Gasteiger partial charge in [-0.2, -0.15) is 5.10 Å². The highest BCUT2D eigenvalue weighted by molar-refractivity contribution is 5.05. The lowest BCUT2D eigenvalue weighted by atomic mass is 10.4. The predicted molar refractivity (Wildman–Crippen MR) is 47.3 cm³/mol. The first kappa shape index (κ1) is 8.04. The summed E-state index contributed by atoms with van der Waals surface area (Å²) in [5.74, 6) is 0.832. The van der Waals surface area contributed by atoms with Crippen molar-refractivity contribution in [3.63, 3.8) is 0 Å². The Labute approximate surface area is 76.2 Å². The molecule has 2 rings (SSSR count). The second kappa shape index (κ2) is 3.05. The van der Waals surface area contributed by atoms with Crippen molar-refractivity contribution in [3.8, 4) is 0 Å². The molecule has 0 saturated carbocycles. The predicted octanol–water partition coefficient (Wildman–Crippen LogP) is 1.54. The molecular formula is C9H11N3O. The molecule has 0 aliphatic rings. The number of nitrogens with zero attached hydrogens (tertiary/aromatic N) is 3. The second-order valence-electron chi connectivity index (χ2n) is 3.08. The van der Waals surface area contributed by atoms with Gasteiger partial charge in [-0.15, -0.1) is 0 Å². The largest absolute Gasteiger partial charge is 0.361 e. The molecule has 2 aromatic rings. The van der Waals surface area contributed by atoms with E-state index in [1.807, 2.05) is 36.9 Å². The van der Waals surface area contributed by atoms with E-state index >= 15 is 0 Å². The maximum Gasteiger partial charge on any atom is 0.133 e. The van der Waals surface area contributed by atoms with Crippen molar-refractivity contribution < 1.29 is 4.52 Å². The molecule has 0 radical (unpaired) electrons. The Bertz CT molecular complexity index is 364. The third kappa shape index (κ3) is 1.77. The molecule has 0 spiro atoms. The Morgan fingerprint density at radius 2 is 2.31 bits per heavy atom. The Balaban J connectivity index is 2.14. The van der Waals surface area contributed by atoms with Gasteiger partial charge in [-0.3, -0.25) is 4.68 Å². The van der Waals surface area contributed by atoms with Crippen LogP contribution < -0.4 is 0 Å². The maximum absolute atomic E-state index is 4.95. The first-order valence-electron chi connectivity index (χ1n) is 4.16. The van der Waals surface area contributed by atoms with Crippen molar-refractivity contribution >= 4 is 0 Å². The summed E-state index contributed by atoms with van der Waals surface area (Å²) in [4.78, 5) is 0. The summed E-state index contributed by atoms with van der Waals surface area (Å²) in [5.41, 5.74) is 1.92. The van der Waals surface area contributed by atoms with Gasteiger partial charge in [-0.25, -0.2) is 0 Å². The van der Waals surface area contributed by atoms with Gasteiger partial charge in [0.2, 0.25) is 0 Å². The molecule has 0 amide bonds. The molecule has 0 saturated heterocycles. The first-order chi connectivity index (χ1) is 6.24. The van der Waals surface area contributed by atoms with Gasteiger partial charge in [0.25, 0.3) is 0 Å². The van der Waals surface area contributed by atoms with Gasteiger partial charge in [0.15, 0.2) is 0 Å². The standard InChI is InChI=1S/C9H11N3O/c1-7-3-4-12(10-7)6-9-5-8(2)13-11-9/h3-5H,6H2,1-2H3. The average molecular weight is 177 g/mol. The van der Waals surface area contributed by atoms with Crippen LogP contribution in [-0.4, -0.2) is 14.9 Å². The molecule has 0 bridgehead atoms. The Morgan fingerprint density at radius 3 is 2.85 bits per heavy atom. The zero-order valence-corrected chi connectivity index (χ0v) is 7.69. The third-order valence-electron chi connectivity index (χ3n) is 1.77. The van der Waals surface area contributed by atoms with Crippen LogP contribution >= 0.6 is 0 Å². The molecule has 0 fully saturated rings. The molecule has 0 atom stereocenters. The Morgan fingerprint density at radius 1 is 1.46 bits per heavy atom. The topological polar surface area (TPSA) is 43.9 Å². The van der Waals surface area contributed by atoms with Gasteiger partial charge >= 0.3 is 0 Å². The summed E-state index contributed by atoms with van der Waals surface area (Å²) in [7, 11) is 0. The quantitative estimate of drug-likeness (QED) is 0.698. The smallest absolute Gasteiger partial charge is 0.133 e. The van der Waals surface area contributed by atoms with E-state index in [1.54, 1.807) is 0 Å². The lowest BCUT2D eigenvalue weighted by molar-refractivity contribution is 0.387. The Kier molecular flexibility index (Phi) is 1.88. The van der Waals surface area contributed by atoms with Crippen molar-refractivity contribution in [1.29, 1.82) is 0 Å². The van der Waals surface area contributed by atoms with Crippen molar-refractivity contribution in [2.45, 2.75) is 20.4 Å². The van der Waals surface area contributed by atoms with Crippen molar-refractivity contribution in [2.24, 2.45) is 0 Å². The second-order valence-corrected chi connectivity index (χ2v) is 3.08. The van der Waals surface area contributed by atoms with E-state index < -0.39 is 0 Å². The van der Waals surface area contributed by atoms with Crippen LogP contribution in [0.15, 0.2) is 22.9 Å². The minimum Gasteiger partial charge on any atom is -0.361 e. The molecular weight excluding hydrogens is 166 g/mol. The maximum atomic E-state index is 4.95. The van der Waals surface area contributed by atoms with Gasteiger partial charge in [-0.05, 0) is 19.9 Å². The van der Waals surface area contributed by atoms with Crippen LogP contribution in [-0.2, 0) is 6.54 Å². The summed E-state index contributed by atoms with van der Waals surface area (Å²) in [5, 5.41) is 8.13. The van der Waals surface area contributed by atoms with Crippen molar-refractivity contribution in [1.82, 2.24) is 14.9 Å². The van der Waals surface area contributed by atoms with E-state index in [1.165, 1.54) is 0 Å². The van der Waals surface area contributed by atoms with Crippen LogP contribution in [0.2, 0.25) is 0 Å². The highest BCUT2D eigenvalue weighted by atomic mass is 16.5. The first-order valence-corrected chi connectivity index (χ1v) is 4.16. The molecule has 2 heterocycles. The zero-order valence-electron chi connectivity index (χ0n) is 7.69. The molecule has 0 N–H and O–H groups in total. The number of aryl methyl sites for hydroxylation is 2. The van der Waals surface area contributed by atoms with Crippen molar-refractivity contribution in [3.05, 3.63) is 35.5 Å². The van der Waals surface area contributed by atoms with Gasteiger partial charge in [0.1, 0.15) is 11.5 Å². The molecule has 68 valence electrons. The normalized spacial score (nSPS) is 10.6. The van der Waals surface area contributed by atoms with E-state index in [-0.39, 0.29) is 0 Å². The lowest BCUT2D eigenvalue weighted by Gasteiger charge is -1.94. The summed E-state index contributed by atoms with van der Waals surface area (Å²) < 4.78 is 6.79. The van der Waals surface area contributed by atoms with Crippen LogP contribution in [0.5, 0.6) is 0 Å². The summed E-state index contributed by atoms with van der Waals surface area (Å²) >= 11 is 0. The van der Waals surface area contributed by atoms with E-state index in [0.717, 1.165) is 17.1 Å². The lowest BCUT2D eigenvalue weighted by Crippen LogP contribution is -2.00. The van der Waals surface area contributed by atoms with E-state index in [9.17, 15) is 0 Å². The van der Waals surface area contributed by atoms with Gasteiger partial charge < -0.3 is 4.52 Å². The fraction of sp³-hybridized carbons (Fsp3) is 0.333. The molecule has 2 aromatic heterocycles. The number of aromatic nitrogens is 3. The fourth-order valence-electron chi connectivity index (χ4n) is 1.21. The van der Waals surface area contributed by atoms with Gasteiger partial charge in [-0.1, -0.05) is 5.16 Å². The number of rotatable bonds is 2. The molecule has 0 aromatic carbocycles. The summed E-state index contributed by atoms with van der Waals surface area (Å²) in [6, 6.07) is 3.88. The number of hydrogen-bond acceptors (Lipinski definition) is 3. The molecule has 13 heavy (non-hydrogen) atoms. The van der Waals surface area contributed by atoms with Gasteiger partial charge in [0, 0.05) is 12.3 Å². The third-order valence-corrected chi connectivity index (χ3v) is 1.77. The molecule has 4 heteroatoms. The van der Waals surface area contributed by atoms with Crippen molar-refractivity contribution in [2.75, 3.05) is 0 Å². The van der Waals surface area contributed by atoms with E-state index in [2.05, 4.69) is 10.3 Å². The van der Waals surface area contributed by atoms with Crippen LogP contribution in [0, 0.1) is 13.8 Å². The van der Waals surface area contributed by atoms with Crippen LogP contribution in [0.3, 0.4) is 0 Å². The van der Waals surface area contributed by atoms with E-state index in [4.69, 9.17) is 4.52 Å². The molecule has 0 aliphatic heterocycles. The Hall–Kier alpha value is -1.58. The van der Waals surface area contributed by atoms with Gasteiger partial charge in [0.05, 0.1) is 12.2 Å². The van der Waals surface area contributed by atoms with Crippen LogP contribution in [0.25, 0.3) is 0 Å². The minimum atomic E-state index is 0.672. The number of hydrogen-bond donors (Lipinski definition) is 0. The highest BCUT2D eigenvalue weighted by Crippen LogP contribution is 2.03. The monoisotopic (exact) mass is 177 g/mol. The average Bonchev–Trinajstić information content (AvgIpc) is 2.62. The molecule has 0 unspecified atom stereocenters. The fourth-order valence-corrected chi connectivity index (χ4v) is 1.21. The van der Waals surface area contributed by atoms with E-state index in [0.29, 0.717) is 6.54 Å². The SMILES string of the molecule is Cc1ccn(Cc2cc(C)on2)n1. The molecule has 0 aliphatic carbocycles. The summed E-state index contributed by atoms with van der Waals surface area (Å²) in [6.07, 6.45) is 1.93. The minimum absolute atomic E-state index is 0.672. The summed E-state index contributed by atoms with van der Waals surface area (Å²) in [6.45, 7) is 4.51. The molecule has 4 nitrogen and oxygen atoms in total.